The minimum atomic E-state index is -2.64. The Morgan fingerprint density at radius 2 is 2.04 bits per heavy atom. The van der Waals surface area contributed by atoms with Gasteiger partial charge in [-0.25, -0.2) is 4.79 Å². The molecule has 0 saturated carbocycles. The molecule has 0 bridgehead atoms. The molecule has 0 aliphatic heterocycles. The Morgan fingerprint density at radius 3 is 2.71 bits per heavy atom. The van der Waals surface area contributed by atoms with E-state index in [0.717, 1.165) is 41.1 Å². The highest BCUT2D eigenvalue weighted by atomic mass is 32.2. The van der Waals surface area contributed by atoms with Gasteiger partial charge in [-0.2, -0.15) is 0 Å². The predicted octanol–water partition coefficient (Wildman–Crippen LogP) is 2.86. The fraction of sp³-hybridized carbons (Fsp3) is 0.471. The van der Waals surface area contributed by atoms with Gasteiger partial charge in [-0.05, 0) is 45.2 Å². The van der Waals surface area contributed by atoms with Gasteiger partial charge in [0.2, 0.25) is 0 Å². The number of benzene rings is 1. The normalized spacial score (nSPS) is 15.8. The maximum absolute atomic E-state index is 12.0. The van der Waals surface area contributed by atoms with Crippen LogP contribution in [-0.2, 0) is 33.6 Å². The van der Waals surface area contributed by atoms with Gasteiger partial charge < -0.3 is 13.7 Å². The molecule has 0 fully saturated rings. The van der Waals surface area contributed by atoms with E-state index in [2.05, 4.69) is 0 Å². The minimum Gasteiger partial charge on any atom is -0.755 e. The maximum atomic E-state index is 12.0. The molecule has 1 aliphatic rings. The van der Waals surface area contributed by atoms with E-state index < -0.39 is 22.8 Å². The van der Waals surface area contributed by atoms with E-state index in [1.807, 2.05) is 6.07 Å². The van der Waals surface area contributed by atoms with Gasteiger partial charge in [0.25, 0.3) is 0 Å². The Labute approximate surface area is 143 Å². The van der Waals surface area contributed by atoms with Crippen LogP contribution in [0, 0.1) is 0 Å². The number of ether oxygens (including phenoxy) is 1. The van der Waals surface area contributed by atoms with Crippen molar-refractivity contribution in [2.75, 3.05) is 11.4 Å². The summed E-state index contributed by atoms with van der Waals surface area (Å²) in [5, 5.41) is 1.01. The number of hydrogen-bond acceptors (Lipinski definition) is 5. The quantitative estimate of drug-likeness (QED) is 0.625. The Kier molecular flexibility index (Phi) is 4.40. The van der Waals surface area contributed by atoms with Gasteiger partial charge in [0.1, 0.15) is 16.9 Å². The summed E-state index contributed by atoms with van der Waals surface area (Å²) in [6.45, 7) is 3.01. The van der Waals surface area contributed by atoms with E-state index >= 15 is 0 Å². The zero-order valence-corrected chi connectivity index (χ0v) is 14.8. The van der Waals surface area contributed by atoms with Crippen molar-refractivity contribution >= 4 is 33.9 Å². The molecule has 1 aromatic carbocycles. The minimum absolute atomic E-state index is 0.373. The van der Waals surface area contributed by atoms with Crippen molar-refractivity contribution in [2.45, 2.75) is 45.1 Å². The van der Waals surface area contributed by atoms with Crippen LogP contribution < -0.4 is 4.31 Å². The Morgan fingerprint density at radius 1 is 1.33 bits per heavy atom. The molecule has 0 N–H and O–H groups in total. The molecular weight excluding hydrogens is 330 g/mol. The summed E-state index contributed by atoms with van der Waals surface area (Å²) in [6.07, 6.45) is 4.12. The van der Waals surface area contributed by atoms with E-state index in [1.165, 1.54) is 26.5 Å². The van der Waals surface area contributed by atoms with Gasteiger partial charge in [0.15, 0.2) is 0 Å². The van der Waals surface area contributed by atoms with Gasteiger partial charge >= 0.3 is 5.97 Å². The molecule has 0 saturated heterocycles. The van der Waals surface area contributed by atoms with Crippen molar-refractivity contribution in [1.29, 1.82) is 0 Å². The molecule has 1 aromatic heterocycles. The van der Waals surface area contributed by atoms with E-state index in [4.69, 9.17) is 9.15 Å². The van der Waals surface area contributed by atoms with Gasteiger partial charge in [0, 0.05) is 34.7 Å². The predicted molar refractivity (Wildman–Crippen MR) is 90.3 cm³/mol. The molecule has 24 heavy (non-hydrogen) atoms. The molecule has 6 nitrogen and oxygen atoms in total. The first-order valence-electron chi connectivity index (χ1n) is 7.88. The topological polar surface area (TPSA) is 82.8 Å². The second kappa shape index (κ2) is 6.22. The van der Waals surface area contributed by atoms with Crippen molar-refractivity contribution in [3.63, 3.8) is 0 Å². The first kappa shape index (κ1) is 17.0. The highest BCUT2D eigenvalue weighted by Crippen LogP contribution is 2.36. The highest BCUT2D eigenvalue weighted by Gasteiger charge is 2.37. The highest BCUT2D eigenvalue weighted by molar-refractivity contribution is 7.80. The molecule has 1 atom stereocenters. The molecule has 3 rings (SSSR count). The molecule has 1 aliphatic carbocycles. The average Bonchev–Trinajstić information content (AvgIpc) is 2.91. The molecular formula is C17H20NO5S-. The number of methoxy groups -OCH3 is 1. The van der Waals surface area contributed by atoms with Crippen LogP contribution in [0.5, 0.6) is 0 Å². The SMILES string of the molecule is COC(=O)C(C)(C)N(c1ccc2c3c(oc2c1)CCCC3)S(=O)[O-]. The Balaban J connectivity index is 2.09. The maximum Gasteiger partial charge on any atom is 0.332 e. The molecule has 0 amide bonds. The number of hydrogen-bond donors (Lipinski definition) is 0. The standard InChI is InChI=1S/C17H21NO5S/c1-17(2,16(19)22-3)18(24(20)21)11-8-9-13-12-6-4-5-7-14(12)23-15(13)10-11/h8-10H,4-7H2,1-3H3,(H,20,21)/p-1. The zero-order valence-electron chi connectivity index (χ0n) is 14.0. The number of furan rings is 1. The van der Waals surface area contributed by atoms with Crippen molar-refractivity contribution in [3.8, 4) is 0 Å². The number of aryl methyl sites for hydroxylation is 2. The van der Waals surface area contributed by atoms with Crippen LogP contribution in [0.25, 0.3) is 11.0 Å². The van der Waals surface area contributed by atoms with E-state index in [-0.39, 0.29) is 0 Å². The number of esters is 1. The third kappa shape index (κ3) is 2.71. The van der Waals surface area contributed by atoms with E-state index in [9.17, 15) is 13.6 Å². The van der Waals surface area contributed by atoms with Crippen LogP contribution in [0.1, 0.15) is 38.0 Å². The zero-order chi connectivity index (χ0) is 17.5. The fourth-order valence-electron chi connectivity index (χ4n) is 3.31. The number of anilines is 1. The second-order valence-electron chi connectivity index (χ2n) is 6.45. The van der Waals surface area contributed by atoms with E-state index in [1.54, 1.807) is 12.1 Å². The number of fused-ring (bicyclic) bond motifs is 3. The number of carbonyl (C=O) groups excluding carboxylic acids is 1. The van der Waals surface area contributed by atoms with Crippen LogP contribution in [0.3, 0.4) is 0 Å². The third-order valence-electron chi connectivity index (χ3n) is 4.52. The van der Waals surface area contributed by atoms with Gasteiger partial charge in [0.05, 0.1) is 12.8 Å². The summed E-state index contributed by atoms with van der Waals surface area (Å²) in [7, 11) is 1.24. The lowest BCUT2D eigenvalue weighted by molar-refractivity contribution is -0.145. The van der Waals surface area contributed by atoms with Gasteiger partial charge in [-0.3, -0.25) is 8.51 Å². The Hall–Kier alpha value is -1.86. The second-order valence-corrected chi connectivity index (χ2v) is 7.25. The van der Waals surface area contributed by atoms with Crippen LogP contribution in [0.4, 0.5) is 5.69 Å². The largest absolute Gasteiger partial charge is 0.755 e. The molecule has 1 heterocycles. The number of carbonyl (C=O) groups is 1. The first-order valence-corrected chi connectivity index (χ1v) is 8.91. The molecule has 7 heteroatoms. The van der Waals surface area contributed by atoms with E-state index in [0.29, 0.717) is 11.3 Å². The van der Waals surface area contributed by atoms with Gasteiger partial charge in [-0.15, -0.1) is 0 Å². The first-order chi connectivity index (χ1) is 11.4. The van der Waals surface area contributed by atoms with Crippen LogP contribution in [0.15, 0.2) is 22.6 Å². The molecule has 130 valence electrons. The van der Waals surface area contributed by atoms with Gasteiger partial charge in [-0.1, -0.05) is 0 Å². The smallest absolute Gasteiger partial charge is 0.332 e. The lowest BCUT2D eigenvalue weighted by Crippen LogP contribution is -2.51. The van der Waals surface area contributed by atoms with Crippen molar-refractivity contribution < 1.29 is 22.7 Å². The summed E-state index contributed by atoms with van der Waals surface area (Å²) in [6, 6.07) is 5.24. The summed E-state index contributed by atoms with van der Waals surface area (Å²) >= 11 is -2.64. The molecule has 0 radical (unpaired) electrons. The summed E-state index contributed by atoms with van der Waals surface area (Å²) in [5.74, 6) is 0.348. The summed E-state index contributed by atoms with van der Waals surface area (Å²) in [4.78, 5) is 12.0. The van der Waals surface area contributed by atoms with Crippen LogP contribution in [-0.4, -0.2) is 27.4 Å². The Bertz CT molecular complexity index is 811. The number of nitrogens with zero attached hydrogens (tertiary/aromatic N) is 1. The van der Waals surface area contributed by atoms with Crippen LogP contribution >= 0.6 is 0 Å². The average molecular weight is 350 g/mol. The monoisotopic (exact) mass is 350 g/mol. The molecule has 2 aromatic rings. The lowest BCUT2D eigenvalue weighted by atomic mass is 9.96. The summed E-state index contributed by atoms with van der Waals surface area (Å²) in [5.41, 5.74) is 0.874. The molecule has 0 spiro atoms. The van der Waals surface area contributed by atoms with Crippen LogP contribution in [0.2, 0.25) is 0 Å². The fourth-order valence-corrected chi connectivity index (χ4v) is 4.04. The van der Waals surface area contributed by atoms with Crippen molar-refractivity contribution in [2.24, 2.45) is 0 Å². The molecule has 1 unspecified atom stereocenters. The third-order valence-corrected chi connectivity index (χ3v) is 5.48. The van der Waals surface area contributed by atoms with Crippen molar-refractivity contribution in [1.82, 2.24) is 0 Å². The number of rotatable bonds is 4. The lowest BCUT2D eigenvalue weighted by Gasteiger charge is -2.38. The van der Waals surface area contributed by atoms with Crippen molar-refractivity contribution in [3.05, 3.63) is 29.5 Å². The summed E-state index contributed by atoms with van der Waals surface area (Å²) < 4.78 is 35.2.